The average molecular weight is 374 g/mol. The van der Waals surface area contributed by atoms with Gasteiger partial charge in [0.15, 0.2) is 0 Å². The summed E-state index contributed by atoms with van der Waals surface area (Å²) >= 11 is 1.15. The highest BCUT2D eigenvalue weighted by Gasteiger charge is 2.25. The number of anilines is 1. The van der Waals surface area contributed by atoms with Gasteiger partial charge in [0, 0.05) is 12.0 Å². The minimum atomic E-state index is -0.821. The summed E-state index contributed by atoms with van der Waals surface area (Å²) in [6, 6.07) is 9.46. The molecule has 7 heteroatoms. The van der Waals surface area contributed by atoms with Crippen molar-refractivity contribution in [2.75, 3.05) is 19.0 Å². The van der Waals surface area contributed by atoms with Crippen molar-refractivity contribution in [2.45, 2.75) is 26.2 Å². The number of methoxy groups -OCH3 is 1. The van der Waals surface area contributed by atoms with E-state index in [9.17, 15) is 14.4 Å². The van der Waals surface area contributed by atoms with Gasteiger partial charge in [-0.2, -0.15) is 0 Å². The number of thiophene rings is 1. The predicted octanol–water partition coefficient (Wildman–Crippen LogP) is 2.88. The summed E-state index contributed by atoms with van der Waals surface area (Å²) in [4.78, 5) is 35.9. The van der Waals surface area contributed by atoms with Gasteiger partial charge in [-0.1, -0.05) is 38.1 Å². The molecule has 0 fully saturated rings. The summed E-state index contributed by atoms with van der Waals surface area (Å²) in [5.74, 6) is -2.14. The lowest BCUT2D eigenvalue weighted by Gasteiger charge is -2.27. The molecule has 2 rings (SSSR count). The van der Waals surface area contributed by atoms with Crippen molar-refractivity contribution in [3.05, 3.63) is 52.4 Å². The molecule has 0 saturated carbocycles. The van der Waals surface area contributed by atoms with Crippen LogP contribution < -0.4 is 10.6 Å². The second kappa shape index (κ2) is 8.14. The van der Waals surface area contributed by atoms with Crippen LogP contribution in [0.15, 0.2) is 35.7 Å². The Kier molecular flexibility index (Phi) is 6.15. The van der Waals surface area contributed by atoms with Crippen LogP contribution in [0.5, 0.6) is 0 Å². The van der Waals surface area contributed by atoms with Crippen LogP contribution in [0, 0.1) is 6.92 Å². The average Bonchev–Trinajstić information content (AvgIpc) is 3.07. The molecule has 2 N–H and O–H groups in total. The largest absolute Gasteiger partial charge is 0.465 e. The lowest BCUT2D eigenvalue weighted by molar-refractivity contribution is -0.136. The zero-order valence-corrected chi connectivity index (χ0v) is 16.0. The molecule has 0 spiro atoms. The molecule has 2 amide bonds. The Hall–Kier alpha value is -2.67. The third-order valence-corrected chi connectivity index (χ3v) is 4.90. The van der Waals surface area contributed by atoms with Gasteiger partial charge in [0.25, 0.3) is 0 Å². The van der Waals surface area contributed by atoms with Crippen LogP contribution in [-0.2, 0) is 19.7 Å². The first-order chi connectivity index (χ1) is 12.3. The summed E-state index contributed by atoms with van der Waals surface area (Å²) < 4.78 is 4.65. The molecular formula is C19H22N2O4S. The minimum absolute atomic E-state index is 0.221. The Bertz CT molecular complexity index is 826. The molecule has 0 aliphatic carbocycles. The van der Waals surface area contributed by atoms with Crippen molar-refractivity contribution in [3.63, 3.8) is 0 Å². The number of amides is 2. The number of benzene rings is 1. The van der Waals surface area contributed by atoms with Crippen molar-refractivity contribution in [2.24, 2.45) is 0 Å². The first-order valence-corrected chi connectivity index (χ1v) is 8.95. The number of rotatable bonds is 5. The molecule has 1 aromatic carbocycles. The van der Waals surface area contributed by atoms with Gasteiger partial charge in [0.1, 0.15) is 5.00 Å². The van der Waals surface area contributed by atoms with E-state index in [1.165, 1.54) is 13.2 Å². The molecule has 0 unspecified atom stereocenters. The fraction of sp³-hybridized carbons (Fsp3) is 0.316. The van der Waals surface area contributed by atoms with Crippen molar-refractivity contribution < 1.29 is 19.1 Å². The van der Waals surface area contributed by atoms with E-state index in [0.717, 1.165) is 22.5 Å². The van der Waals surface area contributed by atoms with E-state index in [-0.39, 0.29) is 16.0 Å². The van der Waals surface area contributed by atoms with E-state index in [1.807, 2.05) is 45.0 Å². The van der Waals surface area contributed by atoms with Gasteiger partial charge < -0.3 is 15.4 Å². The first-order valence-electron chi connectivity index (χ1n) is 8.07. The third kappa shape index (κ3) is 4.49. The van der Waals surface area contributed by atoms with Gasteiger partial charge in [-0.3, -0.25) is 9.59 Å². The van der Waals surface area contributed by atoms with E-state index in [1.54, 1.807) is 5.38 Å². The van der Waals surface area contributed by atoms with Gasteiger partial charge in [0.2, 0.25) is 0 Å². The normalized spacial score (nSPS) is 10.9. The summed E-state index contributed by atoms with van der Waals surface area (Å²) in [6.45, 7) is 6.32. The number of ether oxygens (including phenoxy) is 1. The number of esters is 1. The topological polar surface area (TPSA) is 84.5 Å². The molecule has 138 valence electrons. The van der Waals surface area contributed by atoms with Gasteiger partial charge in [-0.25, -0.2) is 4.79 Å². The molecule has 0 atom stereocenters. The summed E-state index contributed by atoms with van der Waals surface area (Å²) in [5, 5.41) is 7.05. The van der Waals surface area contributed by atoms with Crippen LogP contribution >= 0.6 is 11.3 Å². The van der Waals surface area contributed by atoms with Crippen molar-refractivity contribution in [1.29, 1.82) is 0 Å². The minimum Gasteiger partial charge on any atom is -0.465 e. The van der Waals surface area contributed by atoms with Crippen LogP contribution in [0.4, 0.5) is 5.00 Å². The lowest BCUT2D eigenvalue weighted by atomic mass is 9.82. The van der Waals surface area contributed by atoms with E-state index in [0.29, 0.717) is 6.54 Å². The number of hydrogen-bond donors (Lipinski definition) is 2. The number of carbonyl (C=O) groups is 3. The molecule has 0 bridgehead atoms. The van der Waals surface area contributed by atoms with Gasteiger partial charge >= 0.3 is 17.8 Å². The summed E-state index contributed by atoms with van der Waals surface area (Å²) in [6.07, 6.45) is 0. The predicted molar refractivity (Wildman–Crippen MR) is 102 cm³/mol. The van der Waals surface area contributed by atoms with Crippen molar-refractivity contribution >= 4 is 34.1 Å². The molecule has 2 aromatic rings. The molecule has 6 nitrogen and oxygen atoms in total. The Morgan fingerprint density at radius 2 is 1.81 bits per heavy atom. The zero-order chi connectivity index (χ0) is 19.3. The highest BCUT2D eigenvalue weighted by Crippen LogP contribution is 2.26. The standard InChI is InChI=1S/C19H22N2O4S/c1-12-7-5-6-8-14(12)19(2,3)11-20-15(22)16(23)21-17-13(9-10-26-17)18(24)25-4/h5-10H,11H2,1-4H3,(H,20,22)(H,21,23). The quantitative estimate of drug-likeness (QED) is 0.623. The van der Waals surface area contributed by atoms with Gasteiger partial charge in [-0.05, 0) is 29.5 Å². The Balaban J connectivity index is 2.00. The smallest absolute Gasteiger partial charge is 0.340 e. The van der Waals surface area contributed by atoms with Crippen LogP contribution in [-0.4, -0.2) is 31.4 Å². The molecule has 0 radical (unpaired) electrons. The number of hydrogen-bond acceptors (Lipinski definition) is 5. The van der Waals surface area contributed by atoms with Crippen molar-refractivity contribution in [1.82, 2.24) is 5.32 Å². The molecular weight excluding hydrogens is 352 g/mol. The molecule has 1 aromatic heterocycles. The van der Waals surface area contributed by atoms with E-state index in [4.69, 9.17) is 0 Å². The van der Waals surface area contributed by atoms with Crippen LogP contribution in [0.3, 0.4) is 0 Å². The fourth-order valence-electron chi connectivity index (χ4n) is 2.65. The SMILES string of the molecule is COC(=O)c1ccsc1NC(=O)C(=O)NCC(C)(C)c1ccccc1C. The molecule has 0 aliphatic heterocycles. The van der Waals surface area contributed by atoms with Gasteiger partial charge in [-0.15, -0.1) is 11.3 Å². The van der Waals surface area contributed by atoms with E-state index >= 15 is 0 Å². The Morgan fingerprint density at radius 3 is 2.46 bits per heavy atom. The van der Waals surface area contributed by atoms with Crippen LogP contribution in [0.25, 0.3) is 0 Å². The van der Waals surface area contributed by atoms with E-state index < -0.39 is 17.8 Å². The summed E-state index contributed by atoms with van der Waals surface area (Å²) in [7, 11) is 1.26. The molecule has 0 saturated heterocycles. The maximum atomic E-state index is 12.1. The molecule has 1 heterocycles. The highest BCUT2D eigenvalue weighted by atomic mass is 32.1. The first kappa shape index (κ1) is 19.7. The zero-order valence-electron chi connectivity index (χ0n) is 15.2. The fourth-order valence-corrected chi connectivity index (χ4v) is 3.42. The maximum absolute atomic E-state index is 12.1. The Morgan fingerprint density at radius 1 is 1.12 bits per heavy atom. The lowest BCUT2D eigenvalue weighted by Crippen LogP contribution is -2.42. The number of carbonyl (C=O) groups excluding carboxylic acids is 3. The monoisotopic (exact) mass is 374 g/mol. The van der Waals surface area contributed by atoms with Crippen LogP contribution in [0.1, 0.15) is 35.3 Å². The molecule has 26 heavy (non-hydrogen) atoms. The van der Waals surface area contributed by atoms with Crippen LogP contribution in [0.2, 0.25) is 0 Å². The number of nitrogens with one attached hydrogen (secondary N) is 2. The molecule has 0 aliphatic rings. The third-order valence-electron chi connectivity index (χ3n) is 4.07. The van der Waals surface area contributed by atoms with E-state index in [2.05, 4.69) is 15.4 Å². The highest BCUT2D eigenvalue weighted by molar-refractivity contribution is 7.14. The Labute approximate surface area is 156 Å². The summed E-state index contributed by atoms with van der Waals surface area (Å²) in [5.41, 5.74) is 2.12. The second-order valence-electron chi connectivity index (χ2n) is 6.49. The second-order valence-corrected chi connectivity index (χ2v) is 7.41. The number of aryl methyl sites for hydroxylation is 1. The van der Waals surface area contributed by atoms with Crippen molar-refractivity contribution in [3.8, 4) is 0 Å². The van der Waals surface area contributed by atoms with Gasteiger partial charge in [0.05, 0.1) is 12.7 Å². The maximum Gasteiger partial charge on any atom is 0.340 e.